The van der Waals surface area contributed by atoms with E-state index in [1.807, 2.05) is 13.8 Å². The van der Waals surface area contributed by atoms with Crippen molar-refractivity contribution in [3.05, 3.63) is 0 Å². The smallest absolute Gasteiger partial charge is 0.338 e. The van der Waals surface area contributed by atoms with Crippen molar-refractivity contribution in [3.8, 4) is 0 Å². The van der Waals surface area contributed by atoms with Gasteiger partial charge in [0.25, 0.3) is 0 Å². The van der Waals surface area contributed by atoms with E-state index in [0.717, 1.165) is 32.6 Å². The molecule has 4 nitrogen and oxygen atoms in total. The van der Waals surface area contributed by atoms with Crippen molar-refractivity contribution in [2.75, 3.05) is 19.8 Å². The largest absolute Gasteiger partial charge is 0.394 e. The van der Waals surface area contributed by atoms with Crippen LogP contribution in [-0.4, -0.2) is 28.3 Å². The van der Waals surface area contributed by atoms with Gasteiger partial charge >= 0.3 is 8.56 Å². The fourth-order valence-corrected chi connectivity index (χ4v) is 5.02. The lowest BCUT2D eigenvalue weighted by atomic mass is 10.2. The lowest BCUT2D eigenvalue weighted by Crippen LogP contribution is -2.44. The number of rotatable bonds is 8. The first-order valence-electron chi connectivity index (χ1n) is 5.62. The molecule has 0 fully saturated rings. The number of hydrogen-bond acceptors (Lipinski definition) is 4. The summed E-state index contributed by atoms with van der Waals surface area (Å²) in [4.78, 5) is 0. The van der Waals surface area contributed by atoms with Gasteiger partial charge in [-0.2, -0.15) is 0 Å². The highest BCUT2D eigenvalue weighted by atomic mass is 28.4. The van der Waals surface area contributed by atoms with Gasteiger partial charge in [-0.1, -0.05) is 13.3 Å². The van der Waals surface area contributed by atoms with Gasteiger partial charge in [0.2, 0.25) is 0 Å². The van der Waals surface area contributed by atoms with Crippen LogP contribution in [0, 0.1) is 0 Å². The van der Waals surface area contributed by atoms with Crippen LogP contribution in [0.2, 0.25) is 12.1 Å². The summed E-state index contributed by atoms with van der Waals surface area (Å²) in [6.07, 6.45) is 2.11. The quantitative estimate of drug-likeness (QED) is 0.634. The Morgan fingerprint density at radius 2 is 1.60 bits per heavy atom. The molecular formula is C10H28N2O2Si. The molecular weight excluding hydrogens is 208 g/mol. The van der Waals surface area contributed by atoms with E-state index in [9.17, 15) is 0 Å². The first kappa shape index (κ1) is 17.5. The van der Waals surface area contributed by atoms with Crippen LogP contribution in [0.5, 0.6) is 0 Å². The third-order valence-corrected chi connectivity index (χ3v) is 6.52. The Balaban J connectivity index is 0. The predicted molar refractivity (Wildman–Crippen MR) is 67.6 cm³/mol. The van der Waals surface area contributed by atoms with E-state index in [1.165, 1.54) is 0 Å². The van der Waals surface area contributed by atoms with Gasteiger partial charge in [0.15, 0.2) is 0 Å². The molecule has 0 heterocycles. The summed E-state index contributed by atoms with van der Waals surface area (Å²) in [6.45, 7) is 10.6. The van der Waals surface area contributed by atoms with E-state index in [4.69, 9.17) is 14.6 Å². The Morgan fingerprint density at radius 3 is 1.87 bits per heavy atom. The second-order valence-electron chi connectivity index (χ2n) is 3.56. The SMILES string of the molecule is CCO[Si](C)(OCC)C(CC)CCN.N. The minimum absolute atomic E-state index is 0. The van der Waals surface area contributed by atoms with Gasteiger partial charge in [0.05, 0.1) is 0 Å². The monoisotopic (exact) mass is 236 g/mol. The Bertz CT molecular complexity index is 141. The van der Waals surface area contributed by atoms with Gasteiger partial charge in [-0.05, 0) is 33.4 Å². The molecule has 5 heteroatoms. The third-order valence-electron chi connectivity index (χ3n) is 2.61. The van der Waals surface area contributed by atoms with Crippen LogP contribution in [0.3, 0.4) is 0 Å². The molecule has 0 aromatic rings. The van der Waals surface area contributed by atoms with Crippen LogP contribution in [-0.2, 0) is 8.85 Å². The van der Waals surface area contributed by atoms with Crippen molar-refractivity contribution in [1.29, 1.82) is 0 Å². The lowest BCUT2D eigenvalue weighted by molar-refractivity contribution is 0.176. The molecule has 0 aromatic heterocycles. The molecule has 0 aliphatic heterocycles. The molecule has 0 radical (unpaired) electrons. The predicted octanol–water partition coefficient (Wildman–Crippen LogP) is 2.42. The number of nitrogens with two attached hydrogens (primary N) is 1. The molecule has 5 N–H and O–H groups in total. The average Bonchev–Trinajstić information content (AvgIpc) is 2.14. The van der Waals surface area contributed by atoms with E-state index in [1.54, 1.807) is 0 Å². The summed E-state index contributed by atoms with van der Waals surface area (Å²) >= 11 is 0. The molecule has 0 rings (SSSR count). The van der Waals surface area contributed by atoms with Crippen molar-refractivity contribution in [3.63, 3.8) is 0 Å². The van der Waals surface area contributed by atoms with E-state index in [-0.39, 0.29) is 6.15 Å². The zero-order chi connectivity index (χ0) is 11.0. The number of hydrogen-bond donors (Lipinski definition) is 2. The fourth-order valence-electron chi connectivity index (χ4n) is 1.89. The summed E-state index contributed by atoms with van der Waals surface area (Å²) in [5.74, 6) is 0. The summed E-state index contributed by atoms with van der Waals surface area (Å²) < 4.78 is 11.7. The summed E-state index contributed by atoms with van der Waals surface area (Å²) in [5, 5.41) is 0. The molecule has 15 heavy (non-hydrogen) atoms. The molecule has 0 aromatic carbocycles. The molecule has 0 spiro atoms. The van der Waals surface area contributed by atoms with Crippen molar-refractivity contribution >= 4 is 8.56 Å². The zero-order valence-corrected chi connectivity index (χ0v) is 11.7. The first-order valence-corrected chi connectivity index (χ1v) is 8.01. The van der Waals surface area contributed by atoms with Gasteiger partial charge in [0, 0.05) is 18.8 Å². The Kier molecular flexibility index (Phi) is 10.8. The molecule has 0 aliphatic rings. The van der Waals surface area contributed by atoms with Crippen molar-refractivity contribution in [2.45, 2.75) is 45.7 Å². The fraction of sp³-hybridized carbons (Fsp3) is 1.00. The van der Waals surface area contributed by atoms with Crippen molar-refractivity contribution < 1.29 is 8.85 Å². The van der Waals surface area contributed by atoms with Crippen LogP contribution >= 0.6 is 0 Å². The standard InChI is InChI=1S/C10H25NO2Si.H3N/c1-5-10(8-9-11)14(4,12-6-2)13-7-3;/h10H,5-9,11H2,1-4H3;1H3. The Labute approximate surface area is 95.4 Å². The minimum atomic E-state index is -1.98. The van der Waals surface area contributed by atoms with Gasteiger partial charge in [0.1, 0.15) is 0 Å². The lowest BCUT2D eigenvalue weighted by Gasteiger charge is -2.33. The van der Waals surface area contributed by atoms with Crippen LogP contribution in [0.25, 0.3) is 0 Å². The Morgan fingerprint density at radius 1 is 1.13 bits per heavy atom. The van der Waals surface area contributed by atoms with Crippen LogP contribution in [0.4, 0.5) is 0 Å². The van der Waals surface area contributed by atoms with Crippen LogP contribution in [0.1, 0.15) is 33.6 Å². The molecule has 0 aliphatic carbocycles. The third kappa shape index (κ3) is 5.63. The second-order valence-corrected chi connectivity index (χ2v) is 6.99. The van der Waals surface area contributed by atoms with Gasteiger partial charge in [-0.15, -0.1) is 0 Å². The Hall–Kier alpha value is 0.0569. The highest BCUT2D eigenvalue weighted by Gasteiger charge is 2.38. The molecule has 0 saturated heterocycles. The zero-order valence-electron chi connectivity index (χ0n) is 10.7. The maximum absolute atomic E-state index is 5.84. The highest BCUT2D eigenvalue weighted by molar-refractivity contribution is 6.67. The maximum Gasteiger partial charge on any atom is 0.338 e. The van der Waals surface area contributed by atoms with Crippen LogP contribution in [0.15, 0.2) is 0 Å². The van der Waals surface area contributed by atoms with E-state index < -0.39 is 8.56 Å². The van der Waals surface area contributed by atoms with E-state index >= 15 is 0 Å². The van der Waals surface area contributed by atoms with Gasteiger partial charge in [-0.25, -0.2) is 0 Å². The molecule has 0 amide bonds. The average molecular weight is 236 g/mol. The molecule has 1 unspecified atom stereocenters. The first-order chi connectivity index (χ1) is 6.64. The van der Waals surface area contributed by atoms with E-state index in [2.05, 4.69) is 13.5 Å². The topological polar surface area (TPSA) is 79.5 Å². The molecule has 0 saturated carbocycles. The van der Waals surface area contributed by atoms with Gasteiger partial charge < -0.3 is 20.7 Å². The summed E-state index contributed by atoms with van der Waals surface area (Å²) in [5.41, 5.74) is 6.13. The molecule has 0 bridgehead atoms. The molecule has 1 atom stereocenters. The summed E-state index contributed by atoms with van der Waals surface area (Å²) in [7, 11) is -1.98. The van der Waals surface area contributed by atoms with Gasteiger partial charge in [-0.3, -0.25) is 0 Å². The minimum Gasteiger partial charge on any atom is -0.394 e. The van der Waals surface area contributed by atoms with Crippen molar-refractivity contribution in [2.24, 2.45) is 5.73 Å². The van der Waals surface area contributed by atoms with Crippen LogP contribution < -0.4 is 11.9 Å². The molecule has 94 valence electrons. The second kappa shape index (κ2) is 9.29. The van der Waals surface area contributed by atoms with E-state index in [0.29, 0.717) is 5.54 Å². The summed E-state index contributed by atoms with van der Waals surface area (Å²) in [6, 6.07) is 0. The normalized spacial score (nSPS) is 13.4. The van der Waals surface area contributed by atoms with Crippen molar-refractivity contribution in [1.82, 2.24) is 6.15 Å². The maximum atomic E-state index is 5.84. The highest BCUT2D eigenvalue weighted by Crippen LogP contribution is 2.30.